The van der Waals surface area contributed by atoms with Gasteiger partial charge in [0.15, 0.2) is 0 Å². The maximum Gasteiger partial charge on any atom is 0.00873 e. The second-order valence-electron chi connectivity index (χ2n) is 5.73. The summed E-state index contributed by atoms with van der Waals surface area (Å²) in [5, 5.41) is 3.61. The Balaban J connectivity index is 2.39. The Morgan fingerprint density at radius 2 is 1.94 bits per heavy atom. The Kier molecular flexibility index (Phi) is 4.57. The fourth-order valence-electron chi connectivity index (χ4n) is 1.66. The van der Waals surface area contributed by atoms with Crippen LogP contribution in [0.15, 0.2) is 6.07 Å². The summed E-state index contributed by atoms with van der Waals surface area (Å²) in [4.78, 5) is 2.90. The quantitative estimate of drug-likeness (QED) is 0.839. The monoisotopic (exact) mass is 239 g/mol. The summed E-state index contributed by atoms with van der Waals surface area (Å²) in [6, 6.07) is 2.89. The van der Waals surface area contributed by atoms with Crippen LogP contribution >= 0.6 is 11.3 Å². The van der Waals surface area contributed by atoms with Crippen LogP contribution in [0.3, 0.4) is 0 Å². The minimum absolute atomic E-state index is 0.347. The van der Waals surface area contributed by atoms with Gasteiger partial charge in [-0.3, -0.25) is 0 Å². The summed E-state index contributed by atoms with van der Waals surface area (Å²) in [6.07, 6.45) is 1.15. The molecular formula is C14H25NS. The first-order valence-corrected chi connectivity index (χ1v) is 6.91. The van der Waals surface area contributed by atoms with E-state index in [0.717, 1.165) is 13.0 Å². The third-order valence-corrected chi connectivity index (χ3v) is 4.30. The van der Waals surface area contributed by atoms with Crippen molar-refractivity contribution < 1.29 is 0 Å². The number of hydrogen-bond donors (Lipinski definition) is 1. The molecule has 1 heterocycles. The topological polar surface area (TPSA) is 12.0 Å². The molecule has 1 aromatic heterocycles. The summed E-state index contributed by atoms with van der Waals surface area (Å²) in [7, 11) is 0. The zero-order valence-corrected chi connectivity index (χ0v) is 12.3. The van der Waals surface area contributed by atoms with E-state index in [4.69, 9.17) is 0 Å². The molecular weight excluding hydrogens is 214 g/mol. The number of nitrogens with one attached hydrogen (secondary N) is 1. The molecule has 0 saturated heterocycles. The number of hydrogen-bond acceptors (Lipinski definition) is 2. The number of rotatable bonds is 4. The summed E-state index contributed by atoms with van der Waals surface area (Å²) in [5.74, 6) is 0. The summed E-state index contributed by atoms with van der Waals surface area (Å²) < 4.78 is 0. The highest BCUT2D eigenvalue weighted by molar-refractivity contribution is 7.12. The van der Waals surface area contributed by atoms with Crippen LogP contribution in [0.1, 0.15) is 43.0 Å². The van der Waals surface area contributed by atoms with E-state index in [0.29, 0.717) is 11.5 Å². The predicted octanol–water partition coefficient (Wildman–Crippen LogP) is 3.93. The van der Waals surface area contributed by atoms with Crippen LogP contribution in [0.5, 0.6) is 0 Å². The van der Waals surface area contributed by atoms with Gasteiger partial charge in [0.05, 0.1) is 0 Å². The van der Waals surface area contributed by atoms with E-state index in [2.05, 4.69) is 52.9 Å². The highest BCUT2D eigenvalue weighted by atomic mass is 32.1. The van der Waals surface area contributed by atoms with Gasteiger partial charge in [0.25, 0.3) is 0 Å². The van der Waals surface area contributed by atoms with Crippen molar-refractivity contribution in [2.75, 3.05) is 6.54 Å². The molecule has 0 bridgehead atoms. The molecule has 0 aromatic carbocycles. The van der Waals surface area contributed by atoms with Crippen molar-refractivity contribution >= 4 is 11.3 Å². The number of aryl methyl sites for hydroxylation is 2. The average molecular weight is 239 g/mol. The molecule has 1 rings (SSSR count). The lowest BCUT2D eigenvalue weighted by atomic mass is 9.88. The van der Waals surface area contributed by atoms with Gasteiger partial charge in [-0.15, -0.1) is 11.3 Å². The highest BCUT2D eigenvalue weighted by Crippen LogP contribution is 2.21. The van der Waals surface area contributed by atoms with Gasteiger partial charge in [0.2, 0.25) is 0 Å². The smallest absolute Gasteiger partial charge is 0.00873 e. The number of thiophene rings is 1. The summed E-state index contributed by atoms with van der Waals surface area (Å²) >= 11 is 1.91. The Bertz CT molecular complexity index is 333. The van der Waals surface area contributed by atoms with Gasteiger partial charge >= 0.3 is 0 Å². The molecule has 16 heavy (non-hydrogen) atoms. The fourth-order valence-corrected chi connectivity index (χ4v) is 2.64. The first-order valence-electron chi connectivity index (χ1n) is 6.10. The molecule has 0 saturated carbocycles. The van der Waals surface area contributed by atoms with E-state index in [9.17, 15) is 0 Å². The van der Waals surface area contributed by atoms with Crippen LogP contribution in [0.4, 0.5) is 0 Å². The Labute approximate surface area is 104 Å². The second-order valence-corrected chi connectivity index (χ2v) is 7.19. The van der Waals surface area contributed by atoms with Crippen molar-refractivity contribution in [2.24, 2.45) is 5.41 Å². The minimum Gasteiger partial charge on any atom is -0.313 e. The van der Waals surface area contributed by atoms with Crippen LogP contribution in [-0.4, -0.2) is 12.6 Å². The molecule has 1 unspecified atom stereocenters. The van der Waals surface area contributed by atoms with Gasteiger partial charge in [0.1, 0.15) is 0 Å². The highest BCUT2D eigenvalue weighted by Gasteiger charge is 2.18. The maximum atomic E-state index is 3.61. The van der Waals surface area contributed by atoms with Crippen LogP contribution < -0.4 is 5.32 Å². The largest absolute Gasteiger partial charge is 0.313 e. The van der Waals surface area contributed by atoms with Crippen LogP contribution in [0.25, 0.3) is 0 Å². The van der Waals surface area contributed by atoms with Crippen molar-refractivity contribution in [1.29, 1.82) is 0 Å². The maximum absolute atomic E-state index is 3.61. The van der Waals surface area contributed by atoms with Gasteiger partial charge < -0.3 is 5.32 Å². The second kappa shape index (κ2) is 5.33. The van der Waals surface area contributed by atoms with Crippen molar-refractivity contribution in [1.82, 2.24) is 5.32 Å². The minimum atomic E-state index is 0.347. The lowest BCUT2D eigenvalue weighted by Crippen LogP contribution is -2.38. The SMILES string of the molecule is Cc1cc(CCNC(C)C(C)(C)C)c(C)s1. The van der Waals surface area contributed by atoms with Gasteiger partial charge in [-0.05, 0) is 50.8 Å². The molecule has 0 aliphatic carbocycles. The third kappa shape index (κ3) is 3.91. The zero-order valence-electron chi connectivity index (χ0n) is 11.5. The first-order chi connectivity index (χ1) is 7.30. The lowest BCUT2D eigenvalue weighted by Gasteiger charge is -2.28. The van der Waals surface area contributed by atoms with Gasteiger partial charge in [-0.2, -0.15) is 0 Å². The van der Waals surface area contributed by atoms with E-state index in [1.54, 1.807) is 0 Å². The van der Waals surface area contributed by atoms with Crippen molar-refractivity contribution in [3.8, 4) is 0 Å². The molecule has 1 atom stereocenters. The van der Waals surface area contributed by atoms with E-state index in [1.165, 1.54) is 15.3 Å². The molecule has 1 N–H and O–H groups in total. The van der Waals surface area contributed by atoms with Crippen molar-refractivity contribution in [3.63, 3.8) is 0 Å². The first kappa shape index (κ1) is 13.7. The molecule has 0 radical (unpaired) electrons. The molecule has 92 valence electrons. The average Bonchev–Trinajstić information content (AvgIpc) is 2.43. The van der Waals surface area contributed by atoms with Gasteiger partial charge in [0, 0.05) is 15.8 Å². The van der Waals surface area contributed by atoms with E-state index < -0.39 is 0 Å². The Morgan fingerprint density at radius 1 is 1.31 bits per heavy atom. The van der Waals surface area contributed by atoms with E-state index >= 15 is 0 Å². The van der Waals surface area contributed by atoms with Crippen molar-refractivity contribution in [3.05, 3.63) is 21.4 Å². The van der Waals surface area contributed by atoms with Gasteiger partial charge in [-0.1, -0.05) is 20.8 Å². The molecule has 2 heteroatoms. The van der Waals surface area contributed by atoms with Crippen molar-refractivity contribution in [2.45, 2.75) is 54.0 Å². The Hall–Kier alpha value is -0.340. The van der Waals surface area contributed by atoms with Crippen LogP contribution in [0, 0.1) is 19.3 Å². The third-order valence-electron chi connectivity index (χ3n) is 3.29. The van der Waals surface area contributed by atoms with Crippen LogP contribution in [-0.2, 0) is 6.42 Å². The molecule has 0 amide bonds. The lowest BCUT2D eigenvalue weighted by molar-refractivity contribution is 0.288. The van der Waals surface area contributed by atoms with E-state index in [-0.39, 0.29) is 0 Å². The normalized spacial score (nSPS) is 14.1. The van der Waals surface area contributed by atoms with Gasteiger partial charge in [-0.25, -0.2) is 0 Å². The summed E-state index contributed by atoms with van der Waals surface area (Å²) in [6.45, 7) is 14.6. The van der Waals surface area contributed by atoms with Crippen LogP contribution in [0.2, 0.25) is 0 Å². The Morgan fingerprint density at radius 3 is 2.38 bits per heavy atom. The zero-order chi connectivity index (χ0) is 12.3. The molecule has 0 spiro atoms. The molecule has 0 aliphatic rings. The van der Waals surface area contributed by atoms with E-state index in [1.807, 2.05) is 11.3 Å². The molecule has 0 fully saturated rings. The summed E-state index contributed by atoms with van der Waals surface area (Å²) in [5.41, 5.74) is 1.86. The standard InChI is InChI=1S/C14H25NS/c1-10-9-13(11(2)16-10)7-8-15-12(3)14(4,5)6/h9,12,15H,7-8H2,1-6H3. The molecule has 1 aromatic rings. The molecule has 0 aliphatic heterocycles. The predicted molar refractivity (Wildman–Crippen MR) is 74.4 cm³/mol. The fraction of sp³-hybridized carbons (Fsp3) is 0.714. The molecule has 1 nitrogen and oxygen atoms in total.